The normalized spacial score (nSPS) is 12.8. The molecule has 1 atom stereocenters. The fourth-order valence-corrected chi connectivity index (χ4v) is 1.59. The Kier molecular flexibility index (Phi) is 3.90. The summed E-state index contributed by atoms with van der Waals surface area (Å²) in [5.41, 5.74) is 2.46. The first-order valence-corrected chi connectivity index (χ1v) is 4.94. The van der Waals surface area contributed by atoms with E-state index in [-0.39, 0.29) is 0 Å². The number of nitrogens with zero attached hydrogens (tertiary/aromatic N) is 1. The molecule has 0 aromatic carbocycles. The highest BCUT2D eigenvalue weighted by atomic mass is 14.9. The minimum atomic E-state index is 0.457. The van der Waals surface area contributed by atoms with E-state index < -0.39 is 0 Å². The zero-order chi connectivity index (χ0) is 9.68. The van der Waals surface area contributed by atoms with Gasteiger partial charge in [0.2, 0.25) is 0 Å². The Hall–Kier alpha value is -0.890. The predicted octanol–water partition coefficient (Wildman–Crippen LogP) is 2.45. The number of nitrogens with one attached hydrogen (secondary N) is 1. The topological polar surface area (TPSA) is 24.9 Å². The first kappa shape index (κ1) is 10.2. The van der Waals surface area contributed by atoms with Crippen molar-refractivity contribution in [3.8, 4) is 0 Å². The molecule has 1 unspecified atom stereocenters. The van der Waals surface area contributed by atoms with Gasteiger partial charge in [-0.2, -0.15) is 0 Å². The second kappa shape index (κ2) is 4.97. The Bertz CT molecular complexity index is 258. The maximum Gasteiger partial charge on any atom is 0.0420 e. The quantitative estimate of drug-likeness (QED) is 0.766. The Morgan fingerprint density at radius 2 is 2.23 bits per heavy atom. The molecule has 0 aliphatic rings. The van der Waals surface area contributed by atoms with E-state index in [0.717, 1.165) is 18.7 Å². The van der Waals surface area contributed by atoms with Crippen LogP contribution >= 0.6 is 0 Å². The van der Waals surface area contributed by atoms with Crippen molar-refractivity contribution in [1.82, 2.24) is 10.3 Å². The second-order valence-electron chi connectivity index (χ2n) is 3.20. The minimum Gasteiger partial charge on any atom is -0.310 e. The van der Waals surface area contributed by atoms with Crippen LogP contribution in [0.1, 0.15) is 37.6 Å². The number of aromatic nitrogens is 1. The third-order valence-electron chi connectivity index (χ3n) is 2.28. The third-order valence-corrected chi connectivity index (χ3v) is 2.28. The molecule has 0 fully saturated rings. The van der Waals surface area contributed by atoms with Crippen molar-refractivity contribution in [2.24, 2.45) is 0 Å². The van der Waals surface area contributed by atoms with Gasteiger partial charge in [-0.25, -0.2) is 0 Å². The van der Waals surface area contributed by atoms with Crippen LogP contribution in [0.5, 0.6) is 0 Å². The van der Waals surface area contributed by atoms with Crippen LogP contribution in [0, 0.1) is 6.92 Å². The van der Waals surface area contributed by atoms with Crippen LogP contribution in [0.3, 0.4) is 0 Å². The molecule has 1 aromatic rings. The maximum absolute atomic E-state index is 4.29. The molecule has 0 radical (unpaired) electrons. The van der Waals surface area contributed by atoms with Crippen molar-refractivity contribution in [3.05, 3.63) is 29.6 Å². The van der Waals surface area contributed by atoms with E-state index >= 15 is 0 Å². The Morgan fingerprint density at radius 1 is 1.46 bits per heavy atom. The molecule has 0 saturated carbocycles. The van der Waals surface area contributed by atoms with Gasteiger partial charge in [0.15, 0.2) is 0 Å². The van der Waals surface area contributed by atoms with Crippen LogP contribution in [0.4, 0.5) is 0 Å². The number of hydrogen-bond donors (Lipinski definition) is 1. The fourth-order valence-electron chi connectivity index (χ4n) is 1.59. The van der Waals surface area contributed by atoms with Crippen molar-refractivity contribution in [1.29, 1.82) is 0 Å². The van der Waals surface area contributed by atoms with Crippen LogP contribution in [0.2, 0.25) is 0 Å². The van der Waals surface area contributed by atoms with E-state index in [1.165, 1.54) is 5.56 Å². The lowest BCUT2D eigenvalue weighted by Crippen LogP contribution is -2.21. The van der Waals surface area contributed by atoms with Gasteiger partial charge in [-0.1, -0.05) is 19.9 Å². The van der Waals surface area contributed by atoms with E-state index in [1.54, 1.807) is 0 Å². The number of aryl methyl sites for hydroxylation is 1. The van der Waals surface area contributed by atoms with Gasteiger partial charge < -0.3 is 5.32 Å². The lowest BCUT2D eigenvalue weighted by atomic mass is 10.0. The van der Waals surface area contributed by atoms with Crippen LogP contribution in [0.15, 0.2) is 18.3 Å². The average molecular weight is 178 g/mol. The van der Waals surface area contributed by atoms with Gasteiger partial charge in [-0.3, -0.25) is 4.98 Å². The van der Waals surface area contributed by atoms with Crippen LogP contribution in [0.25, 0.3) is 0 Å². The molecule has 2 heteroatoms. The largest absolute Gasteiger partial charge is 0.310 e. The van der Waals surface area contributed by atoms with E-state index in [0.29, 0.717) is 6.04 Å². The van der Waals surface area contributed by atoms with E-state index in [2.05, 4.69) is 37.1 Å². The fraction of sp³-hybridized carbons (Fsp3) is 0.545. The standard InChI is InChI=1S/C11H18N2/c1-4-11(12-5-2)10-7-6-8-13-9(10)3/h6-8,11-12H,4-5H2,1-3H3. The van der Waals surface area contributed by atoms with Gasteiger partial charge in [-0.05, 0) is 31.5 Å². The van der Waals surface area contributed by atoms with Crippen LogP contribution in [-0.4, -0.2) is 11.5 Å². The van der Waals surface area contributed by atoms with Gasteiger partial charge in [0.05, 0.1) is 0 Å². The highest BCUT2D eigenvalue weighted by Crippen LogP contribution is 2.18. The van der Waals surface area contributed by atoms with E-state index in [9.17, 15) is 0 Å². The Morgan fingerprint density at radius 3 is 2.77 bits per heavy atom. The van der Waals surface area contributed by atoms with Crippen LogP contribution < -0.4 is 5.32 Å². The Balaban J connectivity index is 2.84. The molecule has 1 heterocycles. The summed E-state index contributed by atoms with van der Waals surface area (Å²) in [7, 11) is 0. The third kappa shape index (κ3) is 2.52. The average Bonchev–Trinajstić information content (AvgIpc) is 2.16. The molecule has 1 rings (SSSR count). The predicted molar refractivity (Wildman–Crippen MR) is 55.7 cm³/mol. The number of rotatable bonds is 4. The highest BCUT2D eigenvalue weighted by molar-refractivity contribution is 5.22. The number of pyridine rings is 1. The molecule has 1 aromatic heterocycles. The van der Waals surface area contributed by atoms with Gasteiger partial charge in [0, 0.05) is 17.9 Å². The maximum atomic E-state index is 4.29. The molecule has 0 amide bonds. The molecule has 2 nitrogen and oxygen atoms in total. The first-order chi connectivity index (χ1) is 6.29. The molecule has 0 saturated heterocycles. The van der Waals surface area contributed by atoms with Crippen molar-refractivity contribution in [2.75, 3.05) is 6.54 Å². The zero-order valence-electron chi connectivity index (χ0n) is 8.67. The van der Waals surface area contributed by atoms with Crippen molar-refractivity contribution in [3.63, 3.8) is 0 Å². The summed E-state index contributed by atoms with van der Waals surface area (Å²) >= 11 is 0. The molecule has 0 spiro atoms. The molecule has 13 heavy (non-hydrogen) atoms. The molecule has 1 N–H and O–H groups in total. The molecule has 0 aliphatic heterocycles. The van der Waals surface area contributed by atoms with Gasteiger partial charge in [-0.15, -0.1) is 0 Å². The lowest BCUT2D eigenvalue weighted by Gasteiger charge is -2.17. The summed E-state index contributed by atoms with van der Waals surface area (Å²) in [5, 5.41) is 3.45. The Labute approximate surface area is 80.4 Å². The molecule has 72 valence electrons. The SMILES string of the molecule is CCNC(CC)c1cccnc1C. The monoisotopic (exact) mass is 178 g/mol. The summed E-state index contributed by atoms with van der Waals surface area (Å²) in [5.74, 6) is 0. The van der Waals surface area contributed by atoms with E-state index in [4.69, 9.17) is 0 Å². The summed E-state index contributed by atoms with van der Waals surface area (Å²) in [6.07, 6.45) is 2.96. The van der Waals surface area contributed by atoms with Gasteiger partial charge in [0.1, 0.15) is 0 Å². The van der Waals surface area contributed by atoms with Crippen molar-refractivity contribution >= 4 is 0 Å². The summed E-state index contributed by atoms with van der Waals surface area (Å²) in [4.78, 5) is 4.29. The van der Waals surface area contributed by atoms with E-state index in [1.807, 2.05) is 12.3 Å². The molecule has 0 bridgehead atoms. The van der Waals surface area contributed by atoms with Crippen LogP contribution in [-0.2, 0) is 0 Å². The molecular weight excluding hydrogens is 160 g/mol. The van der Waals surface area contributed by atoms with Crippen molar-refractivity contribution < 1.29 is 0 Å². The first-order valence-electron chi connectivity index (χ1n) is 4.94. The molecule has 0 aliphatic carbocycles. The summed E-state index contributed by atoms with van der Waals surface area (Å²) in [6, 6.07) is 4.61. The highest BCUT2D eigenvalue weighted by Gasteiger charge is 2.09. The second-order valence-corrected chi connectivity index (χ2v) is 3.20. The molecular formula is C11H18N2. The summed E-state index contributed by atoms with van der Waals surface area (Å²) < 4.78 is 0. The summed E-state index contributed by atoms with van der Waals surface area (Å²) in [6.45, 7) is 7.40. The smallest absolute Gasteiger partial charge is 0.0420 e. The minimum absolute atomic E-state index is 0.457. The lowest BCUT2D eigenvalue weighted by molar-refractivity contribution is 0.533. The van der Waals surface area contributed by atoms with Crippen molar-refractivity contribution in [2.45, 2.75) is 33.2 Å². The zero-order valence-corrected chi connectivity index (χ0v) is 8.67. The number of hydrogen-bond acceptors (Lipinski definition) is 2. The van der Waals surface area contributed by atoms with Gasteiger partial charge >= 0.3 is 0 Å². The van der Waals surface area contributed by atoms with Gasteiger partial charge in [0.25, 0.3) is 0 Å².